The fourth-order valence-electron chi connectivity index (χ4n) is 0.739. The molecule has 12 heavy (non-hydrogen) atoms. The lowest BCUT2D eigenvalue weighted by atomic mass is 10.2. The van der Waals surface area contributed by atoms with Gasteiger partial charge in [0, 0.05) is 0 Å². The number of hydrogen-bond donors (Lipinski definition) is 1. The van der Waals surface area contributed by atoms with Crippen molar-refractivity contribution in [2.45, 2.75) is 0 Å². The standard InChI is InChI=1S/C8H5BrCl2O/c9-6-3-5(4-8(10)11)1-2-7(6)12/h1-4,12H. The van der Waals surface area contributed by atoms with Crippen LogP contribution in [-0.2, 0) is 0 Å². The van der Waals surface area contributed by atoms with Crippen molar-refractivity contribution in [1.82, 2.24) is 0 Å². The summed E-state index contributed by atoms with van der Waals surface area (Å²) in [5.41, 5.74) is 0.833. The molecule has 0 aliphatic heterocycles. The molecule has 0 saturated carbocycles. The number of hydrogen-bond acceptors (Lipinski definition) is 1. The van der Waals surface area contributed by atoms with E-state index in [2.05, 4.69) is 15.9 Å². The summed E-state index contributed by atoms with van der Waals surface area (Å²) >= 11 is 14.1. The van der Waals surface area contributed by atoms with E-state index in [4.69, 9.17) is 28.3 Å². The summed E-state index contributed by atoms with van der Waals surface area (Å²) in [6.07, 6.45) is 1.59. The van der Waals surface area contributed by atoms with Gasteiger partial charge in [0.2, 0.25) is 0 Å². The minimum Gasteiger partial charge on any atom is -0.507 e. The molecule has 0 amide bonds. The Morgan fingerprint density at radius 3 is 2.58 bits per heavy atom. The summed E-state index contributed by atoms with van der Waals surface area (Å²) < 4.78 is 0.804. The largest absolute Gasteiger partial charge is 0.507 e. The molecule has 0 unspecified atom stereocenters. The average Bonchev–Trinajstić information content (AvgIpc) is 1.96. The summed E-state index contributed by atoms with van der Waals surface area (Å²) in [6.45, 7) is 0. The molecule has 1 aromatic rings. The van der Waals surface area contributed by atoms with Gasteiger partial charge in [-0.05, 0) is 39.7 Å². The van der Waals surface area contributed by atoms with Crippen LogP contribution in [0.4, 0.5) is 0 Å². The quantitative estimate of drug-likeness (QED) is 0.818. The summed E-state index contributed by atoms with van der Waals surface area (Å²) in [6, 6.07) is 5.00. The van der Waals surface area contributed by atoms with Gasteiger partial charge < -0.3 is 5.11 Å². The molecule has 4 heteroatoms. The van der Waals surface area contributed by atoms with E-state index in [1.54, 1.807) is 24.3 Å². The van der Waals surface area contributed by atoms with Crippen LogP contribution in [0.3, 0.4) is 0 Å². The maximum Gasteiger partial charge on any atom is 0.129 e. The van der Waals surface area contributed by atoms with Gasteiger partial charge in [0.25, 0.3) is 0 Å². The van der Waals surface area contributed by atoms with Crippen LogP contribution in [0.2, 0.25) is 0 Å². The van der Waals surface area contributed by atoms with Gasteiger partial charge in [-0.25, -0.2) is 0 Å². The normalized spacial score (nSPS) is 9.58. The molecule has 1 aromatic carbocycles. The average molecular weight is 268 g/mol. The van der Waals surface area contributed by atoms with E-state index >= 15 is 0 Å². The van der Waals surface area contributed by atoms with Gasteiger partial charge in [0.1, 0.15) is 10.2 Å². The predicted molar refractivity (Wildman–Crippen MR) is 55.5 cm³/mol. The summed E-state index contributed by atoms with van der Waals surface area (Å²) in [4.78, 5) is 0. The van der Waals surface area contributed by atoms with Crippen molar-refractivity contribution in [1.29, 1.82) is 0 Å². The highest BCUT2D eigenvalue weighted by molar-refractivity contribution is 9.10. The summed E-state index contributed by atoms with van der Waals surface area (Å²) in [7, 11) is 0. The first-order chi connectivity index (χ1) is 5.59. The van der Waals surface area contributed by atoms with Crippen LogP contribution in [0, 0.1) is 0 Å². The minimum absolute atomic E-state index is 0.188. The Hall–Kier alpha value is -0.180. The molecule has 0 saturated heterocycles. The van der Waals surface area contributed by atoms with Gasteiger partial charge in [-0.2, -0.15) is 0 Å². The van der Waals surface area contributed by atoms with Crippen molar-refractivity contribution in [2.75, 3.05) is 0 Å². The zero-order valence-corrected chi connectivity index (χ0v) is 8.99. The third kappa shape index (κ3) is 2.70. The number of benzene rings is 1. The molecular formula is C8H5BrCl2O. The molecule has 0 radical (unpaired) electrons. The molecule has 0 aromatic heterocycles. The van der Waals surface area contributed by atoms with Gasteiger partial charge in [0.15, 0.2) is 0 Å². The monoisotopic (exact) mass is 266 g/mol. The molecule has 1 rings (SSSR count). The van der Waals surface area contributed by atoms with E-state index in [1.165, 1.54) is 0 Å². The van der Waals surface area contributed by atoms with Gasteiger partial charge in [-0.3, -0.25) is 0 Å². The van der Waals surface area contributed by atoms with E-state index in [-0.39, 0.29) is 10.2 Å². The maximum absolute atomic E-state index is 9.14. The van der Waals surface area contributed by atoms with E-state index in [0.717, 1.165) is 5.56 Å². The van der Waals surface area contributed by atoms with Crippen LogP contribution >= 0.6 is 39.1 Å². The lowest BCUT2D eigenvalue weighted by Crippen LogP contribution is -1.73. The Morgan fingerprint density at radius 1 is 1.42 bits per heavy atom. The van der Waals surface area contributed by atoms with E-state index in [9.17, 15) is 0 Å². The lowest BCUT2D eigenvalue weighted by molar-refractivity contribution is 0.472. The van der Waals surface area contributed by atoms with E-state index in [1.807, 2.05) is 0 Å². The molecule has 0 bridgehead atoms. The van der Waals surface area contributed by atoms with Crippen LogP contribution in [0.25, 0.3) is 6.08 Å². The highest BCUT2D eigenvalue weighted by Gasteiger charge is 1.97. The van der Waals surface area contributed by atoms with Crippen molar-refractivity contribution < 1.29 is 5.11 Å². The Morgan fingerprint density at radius 2 is 2.08 bits per heavy atom. The molecular weight excluding hydrogens is 263 g/mol. The van der Waals surface area contributed by atoms with Gasteiger partial charge in [-0.1, -0.05) is 29.3 Å². The molecule has 64 valence electrons. The Labute approximate surface area is 88.7 Å². The zero-order chi connectivity index (χ0) is 9.14. The second-order valence-corrected chi connectivity index (χ2v) is 4.01. The highest BCUT2D eigenvalue weighted by atomic mass is 79.9. The van der Waals surface area contributed by atoms with Crippen LogP contribution in [0.1, 0.15) is 5.56 Å². The molecule has 0 fully saturated rings. The van der Waals surface area contributed by atoms with E-state index < -0.39 is 0 Å². The number of halogens is 3. The molecule has 0 heterocycles. The topological polar surface area (TPSA) is 20.2 Å². The van der Waals surface area contributed by atoms with Crippen molar-refractivity contribution in [3.05, 3.63) is 32.7 Å². The lowest BCUT2D eigenvalue weighted by Gasteiger charge is -1.97. The van der Waals surface area contributed by atoms with E-state index in [0.29, 0.717) is 4.47 Å². The zero-order valence-electron chi connectivity index (χ0n) is 5.89. The Kier molecular flexibility index (Phi) is 3.44. The molecule has 0 aliphatic rings. The van der Waals surface area contributed by atoms with Gasteiger partial charge >= 0.3 is 0 Å². The number of phenolic OH excluding ortho intramolecular Hbond substituents is 1. The SMILES string of the molecule is Oc1ccc(C=C(Cl)Cl)cc1Br. The number of phenols is 1. The first-order valence-electron chi connectivity index (χ1n) is 3.11. The van der Waals surface area contributed by atoms with Crippen LogP contribution in [0.15, 0.2) is 27.2 Å². The van der Waals surface area contributed by atoms with Crippen molar-refractivity contribution in [3.8, 4) is 5.75 Å². The Balaban J connectivity index is 3.05. The molecule has 0 spiro atoms. The summed E-state index contributed by atoms with van der Waals surface area (Å²) in [5.74, 6) is 0.192. The smallest absolute Gasteiger partial charge is 0.129 e. The molecule has 0 aliphatic carbocycles. The second-order valence-electron chi connectivity index (χ2n) is 2.14. The van der Waals surface area contributed by atoms with Crippen molar-refractivity contribution in [3.63, 3.8) is 0 Å². The van der Waals surface area contributed by atoms with Crippen LogP contribution in [0.5, 0.6) is 5.75 Å². The fourth-order valence-corrected chi connectivity index (χ4v) is 1.39. The summed E-state index contributed by atoms with van der Waals surface area (Å²) in [5, 5.41) is 9.14. The molecule has 1 nitrogen and oxygen atoms in total. The minimum atomic E-state index is 0.188. The van der Waals surface area contributed by atoms with Gasteiger partial charge in [0.05, 0.1) is 4.47 Å². The number of rotatable bonds is 1. The first kappa shape index (κ1) is 9.90. The highest BCUT2D eigenvalue weighted by Crippen LogP contribution is 2.25. The maximum atomic E-state index is 9.14. The Bertz CT molecular complexity index is 319. The van der Waals surface area contributed by atoms with Crippen molar-refractivity contribution in [2.24, 2.45) is 0 Å². The third-order valence-corrected chi connectivity index (χ3v) is 2.10. The van der Waals surface area contributed by atoms with Gasteiger partial charge in [-0.15, -0.1) is 0 Å². The molecule has 0 atom stereocenters. The van der Waals surface area contributed by atoms with Crippen LogP contribution in [-0.4, -0.2) is 5.11 Å². The third-order valence-electron chi connectivity index (χ3n) is 1.25. The predicted octanol–water partition coefficient (Wildman–Crippen LogP) is 3.93. The first-order valence-corrected chi connectivity index (χ1v) is 4.65. The fraction of sp³-hybridized carbons (Fsp3) is 0. The number of aromatic hydroxyl groups is 1. The van der Waals surface area contributed by atoms with Crippen LogP contribution < -0.4 is 0 Å². The van der Waals surface area contributed by atoms with Crippen molar-refractivity contribution >= 4 is 45.2 Å². The molecule has 1 N–H and O–H groups in total. The second kappa shape index (κ2) is 4.17.